The van der Waals surface area contributed by atoms with Gasteiger partial charge in [0.15, 0.2) is 0 Å². The molecule has 0 radical (unpaired) electrons. The highest BCUT2D eigenvalue weighted by atomic mass is 19.4. The van der Waals surface area contributed by atoms with Gasteiger partial charge in [-0.2, -0.15) is 0 Å². The third-order valence-corrected chi connectivity index (χ3v) is 3.93. The van der Waals surface area contributed by atoms with Crippen LogP contribution in [0.3, 0.4) is 0 Å². The Hall–Kier alpha value is -1.76. The Kier molecular flexibility index (Phi) is 5.87. The molecule has 4 nitrogen and oxygen atoms in total. The second kappa shape index (κ2) is 7.68. The molecule has 1 aliphatic rings. The molecule has 23 heavy (non-hydrogen) atoms. The van der Waals surface area contributed by atoms with Crippen molar-refractivity contribution < 1.29 is 22.7 Å². The van der Waals surface area contributed by atoms with E-state index in [1.807, 2.05) is 6.92 Å². The number of rotatable bonds is 5. The van der Waals surface area contributed by atoms with Crippen LogP contribution in [-0.4, -0.2) is 30.9 Å². The first-order chi connectivity index (χ1) is 10.8. The number of para-hydroxylation sites is 1. The minimum Gasteiger partial charge on any atom is -0.406 e. The third-order valence-electron chi connectivity index (χ3n) is 3.93. The maximum atomic E-state index is 12.4. The molecule has 1 fully saturated rings. The van der Waals surface area contributed by atoms with Crippen LogP contribution in [0.25, 0.3) is 0 Å². The van der Waals surface area contributed by atoms with Gasteiger partial charge in [0.2, 0.25) is 5.91 Å². The first-order valence-corrected chi connectivity index (χ1v) is 7.71. The Morgan fingerprint density at radius 3 is 2.83 bits per heavy atom. The van der Waals surface area contributed by atoms with Crippen molar-refractivity contribution in [3.63, 3.8) is 0 Å². The number of halogens is 3. The van der Waals surface area contributed by atoms with Crippen molar-refractivity contribution in [3.8, 4) is 5.75 Å². The van der Waals surface area contributed by atoms with E-state index in [0.717, 1.165) is 19.4 Å². The van der Waals surface area contributed by atoms with Crippen LogP contribution in [0, 0.1) is 0 Å². The number of carbonyl (C=O) groups excluding carboxylic acids is 1. The second-order valence-corrected chi connectivity index (χ2v) is 5.71. The number of piperidine rings is 1. The van der Waals surface area contributed by atoms with Crippen LogP contribution in [0.4, 0.5) is 13.2 Å². The van der Waals surface area contributed by atoms with Crippen LogP contribution in [0.15, 0.2) is 24.3 Å². The minimum absolute atomic E-state index is 0.0675. The van der Waals surface area contributed by atoms with Gasteiger partial charge in [0.05, 0.1) is 0 Å². The molecule has 2 rings (SSSR count). The molecule has 2 atom stereocenters. The number of hydrogen-bond acceptors (Lipinski definition) is 3. The lowest BCUT2D eigenvalue weighted by Gasteiger charge is -2.30. The first kappa shape index (κ1) is 17.6. The molecule has 1 aliphatic heterocycles. The number of carbonyl (C=O) groups is 1. The largest absolute Gasteiger partial charge is 0.573 e. The second-order valence-electron chi connectivity index (χ2n) is 5.71. The minimum atomic E-state index is -4.73. The molecule has 0 spiro atoms. The summed E-state index contributed by atoms with van der Waals surface area (Å²) < 4.78 is 41.1. The molecule has 0 saturated carbocycles. The van der Waals surface area contributed by atoms with Gasteiger partial charge in [-0.3, -0.25) is 4.79 Å². The van der Waals surface area contributed by atoms with E-state index >= 15 is 0 Å². The standard InChI is InChI=1S/C16H21F3N2O2/c1-11-13(6-4-10-20-11)21-15(22)9-8-12-5-2-3-7-14(12)23-16(17,18)19/h2-3,5,7,11,13,20H,4,6,8-10H2,1H3,(H,21,22). The fraction of sp³-hybridized carbons (Fsp3) is 0.562. The van der Waals surface area contributed by atoms with Crippen LogP contribution in [0.5, 0.6) is 5.75 Å². The van der Waals surface area contributed by atoms with E-state index in [1.54, 1.807) is 12.1 Å². The van der Waals surface area contributed by atoms with E-state index in [4.69, 9.17) is 0 Å². The Morgan fingerprint density at radius 2 is 2.13 bits per heavy atom. The average molecular weight is 330 g/mol. The number of benzene rings is 1. The van der Waals surface area contributed by atoms with E-state index in [1.165, 1.54) is 12.1 Å². The number of ether oxygens (including phenoxy) is 1. The van der Waals surface area contributed by atoms with Crippen molar-refractivity contribution in [3.05, 3.63) is 29.8 Å². The summed E-state index contributed by atoms with van der Waals surface area (Å²) in [6.45, 7) is 2.95. The predicted molar refractivity (Wildman–Crippen MR) is 80.1 cm³/mol. The monoisotopic (exact) mass is 330 g/mol. The van der Waals surface area contributed by atoms with E-state index in [-0.39, 0.29) is 36.6 Å². The highest BCUT2D eigenvalue weighted by molar-refractivity contribution is 5.76. The van der Waals surface area contributed by atoms with Crippen LogP contribution < -0.4 is 15.4 Å². The van der Waals surface area contributed by atoms with Crippen LogP contribution >= 0.6 is 0 Å². The van der Waals surface area contributed by atoms with E-state index < -0.39 is 6.36 Å². The van der Waals surface area contributed by atoms with Crippen molar-refractivity contribution in [2.24, 2.45) is 0 Å². The van der Waals surface area contributed by atoms with E-state index in [9.17, 15) is 18.0 Å². The molecule has 2 unspecified atom stereocenters. The van der Waals surface area contributed by atoms with Gasteiger partial charge in [-0.1, -0.05) is 18.2 Å². The molecule has 7 heteroatoms. The predicted octanol–water partition coefficient (Wildman–Crippen LogP) is 2.77. The summed E-state index contributed by atoms with van der Waals surface area (Å²) in [5, 5.41) is 6.23. The fourth-order valence-corrected chi connectivity index (χ4v) is 2.70. The summed E-state index contributed by atoms with van der Waals surface area (Å²) in [4.78, 5) is 12.0. The quantitative estimate of drug-likeness (QED) is 0.873. The number of nitrogens with one attached hydrogen (secondary N) is 2. The highest BCUT2D eigenvalue weighted by Gasteiger charge is 2.32. The summed E-state index contributed by atoms with van der Waals surface area (Å²) in [7, 11) is 0. The van der Waals surface area contributed by atoms with Crippen molar-refractivity contribution in [2.45, 2.75) is 51.1 Å². The summed E-state index contributed by atoms with van der Waals surface area (Å²) in [5.74, 6) is -0.409. The van der Waals surface area contributed by atoms with Crippen molar-refractivity contribution in [1.29, 1.82) is 0 Å². The molecule has 1 aromatic rings. The van der Waals surface area contributed by atoms with Crippen molar-refractivity contribution >= 4 is 5.91 Å². The van der Waals surface area contributed by atoms with Gasteiger partial charge < -0.3 is 15.4 Å². The molecule has 2 N–H and O–H groups in total. The lowest BCUT2D eigenvalue weighted by molar-refractivity contribution is -0.274. The maximum Gasteiger partial charge on any atom is 0.573 e. The first-order valence-electron chi connectivity index (χ1n) is 7.71. The molecule has 1 aromatic carbocycles. The Bertz CT molecular complexity index is 534. The molecular weight excluding hydrogens is 309 g/mol. The molecule has 1 saturated heterocycles. The molecule has 0 bridgehead atoms. The van der Waals surface area contributed by atoms with Crippen LogP contribution in [-0.2, 0) is 11.2 Å². The summed E-state index contributed by atoms with van der Waals surface area (Å²) >= 11 is 0. The van der Waals surface area contributed by atoms with Gasteiger partial charge in [-0.05, 0) is 44.4 Å². The molecule has 0 aromatic heterocycles. The molecule has 128 valence electrons. The Morgan fingerprint density at radius 1 is 1.39 bits per heavy atom. The van der Waals surface area contributed by atoms with Gasteiger partial charge in [-0.15, -0.1) is 13.2 Å². The number of amides is 1. The van der Waals surface area contributed by atoms with E-state index in [2.05, 4.69) is 15.4 Å². The molecule has 0 aliphatic carbocycles. The number of hydrogen-bond donors (Lipinski definition) is 2. The van der Waals surface area contributed by atoms with Crippen molar-refractivity contribution in [2.75, 3.05) is 6.54 Å². The summed E-state index contributed by atoms with van der Waals surface area (Å²) in [6.07, 6.45) is -2.50. The SMILES string of the molecule is CC1NCCCC1NC(=O)CCc1ccccc1OC(F)(F)F. The maximum absolute atomic E-state index is 12.4. The van der Waals surface area contributed by atoms with Gasteiger partial charge in [0.25, 0.3) is 0 Å². The zero-order chi connectivity index (χ0) is 16.9. The van der Waals surface area contributed by atoms with Crippen molar-refractivity contribution in [1.82, 2.24) is 10.6 Å². The normalized spacial score (nSPS) is 21.7. The summed E-state index contributed by atoms with van der Waals surface area (Å²) in [6, 6.07) is 6.17. The third kappa shape index (κ3) is 5.74. The lowest BCUT2D eigenvalue weighted by atomic mass is 9.99. The van der Waals surface area contributed by atoms with E-state index in [0.29, 0.717) is 5.56 Å². The summed E-state index contributed by atoms with van der Waals surface area (Å²) in [5.41, 5.74) is 0.370. The fourth-order valence-electron chi connectivity index (χ4n) is 2.70. The van der Waals surface area contributed by atoms with Gasteiger partial charge in [0, 0.05) is 18.5 Å². The molecular formula is C16H21F3N2O2. The lowest BCUT2D eigenvalue weighted by Crippen LogP contribution is -2.51. The Labute approximate surface area is 133 Å². The Balaban J connectivity index is 1.89. The van der Waals surface area contributed by atoms with Gasteiger partial charge in [-0.25, -0.2) is 0 Å². The zero-order valence-corrected chi connectivity index (χ0v) is 13.0. The average Bonchev–Trinajstić information content (AvgIpc) is 2.47. The molecule has 1 amide bonds. The van der Waals surface area contributed by atoms with Crippen LogP contribution in [0.2, 0.25) is 0 Å². The van der Waals surface area contributed by atoms with Crippen LogP contribution in [0.1, 0.15) is 31.7 Å². The molecule has 1 heterocycles. The smallest absolute Gasteiger partial charge is 0.406 e. The number of aryl methyl sites for hydroxylation is 1. The van der Waals surface area contributed by atoms with Gasteiger partial charge >= 0.3 is 6.36 Å². The highest BCUT2D eigenvalue weighted by Crippen LogP contribution is 2.27. The van der Waals surface area contributed by atoms with Gasteiger partial charge in [0.1, 0.15) is 5.75 Å². The number of alkyl halides is 3. The topological polar surface area (TPSA) is 50.4 Å². The zero-order valence-electron chi connectivity index (χ0n) is 13.0.